The van der Waals surface area contributed by atoms with Crippen LogP contribution in [-0.2, 0) is 4.79 Å². The van der Waals surface area contributed by atoms with E-state index in [1.54, 1.807) is 0 Å². The summed E-state index contributed by atoms with van der Waals surface area (Å²) in [7, 11) is 1.98. The van der Waals surface area contributed by atoms with Gasteiger partial charge in [0.25, 0.3) is 0 Å². The molecule has 1 amide bonds. The molecule has 1 aliphatic rings. The van der Waals surface area contributed by atoms with E-state index in [1.165, 1.54) is 0 Å². The number of carbonyl (C=O) groups is 1. The Morgan fingerprint density at radius 2 is 2.25 bits per heavy atom. The summed E-state index contributed by atoms with van der Waals surface area (Å²) in [6.07, 6.45) is 1.06. The van der Waals surface area contributed by atoms with Gasteiger partial charge in [-0.2, -0.15) is 0 Å². The van der Waals surface area contributed by atoms with Crippen LogP contribution in [0.3, 0.4) is 0 Å². The number of amides is 1. The average Bonchev–Trinajstić information content (AvgIpc) is 2.15. The molecule has 4 nitrogen and oxygen atoms in total. The SMILES string of the molecule is CN1CCCN(CCN)C(=O)C1. The summed E-state index contributed by atoms with van der Waals surface area (Å²) in [6.45, 7) is 3.68. The van der Waals surface area contributed by atoms with E-state index in [0.29, 0.717) is 19.6 Å². The monoisotopic (exact) mass is 171 g/mol. The normalized spacial score (nSPS) is 21.2. The number of rotatable bonds is 2. The maximum atomic E-state index is 11.4. The highest BCUT2D eigenvalue weighted by Crippen LogP contribution is 2.01. The standard InChI is InChI=1S/C8H17N3O/c1-10-4-2-5-11(6-3-9)8(12)7-10/h2-7,9H2,1H3. The summed E-state index contributed by atoms with van der Waals surface area (Å²) in [5, 5.41) is 0. The average molecular weight is 171 g/mol. The molecule has 0 aromatic heterocycles. The Morgan fingerprint density at radius 1 is 1.50 bits per heavy atom. The van der Waals surface area contributed by atoms with Crippen molar-refractivity contribution < 1.29 is 4.79 Å². The molecule has 0 atom stereocenters. The molecular weight excluding hydrogens is 154 g/mol. The molecular formula is C8H17N3O. The zero-order valence-electron chi connectivity index (χ0n) is 7.62. The van der Waals surface area contributed by atoms with Gasteiger partial charge in [-0.05, 0) is 13.5 Å². The van der Waals surface area contributed by atoms with Gasteiger partial charge >= 0.3 is 0 Å². The third-order valence-corrected chi connectivity index (χ3v) is 2.12. The quantitative estimate of drug-likeness (QED) is 0.586. The highest BCUT2D eigenvalue weighted by atomic mass is 16.2. The Balaban J connectivity index is 2.46. The number of nitrogens with zero attached hydrogens (tertiary/aromatic N) is 2. The molecule has 0 aromatic rings. The zero-order valence-corrected chi connectivity index (χ0v) is 7.62. The molecule has 1 heterocycles. The lowest BCUT2D eigenvalue weighted by Gasteiger charge is -2.19. The molecule has 0 unspecified atom stereocenters. The van der Waals surface area contributed by atoms with E-state index in [2.05, 4.69) is 4.90 Å². The Bertz CT molecular complexity index is 160. The van der Waals surface area contributed by atoms with E-state index in [1.807, 2.05) is 11.9 Å². The number of hydrogen-bond donors (Lipinski definition) is 1. The van der Waals surface area contributed by atoms with Gasteiger partial charge in [-0.25, -0.2) is 0 Å². The minimum absolute atomic E-state index is 0.209. The van der Waals surface area contributed by atoms with E-state index in [-0.39, 0.29) is 5.91 Å². The van der Waals surface area contributed by atoms with Gasteiger partial charge in [0, 0.05) is 26.2 Å². The van der Waals surface area contributed by atoms with Gasteiger partial charge in [0.2, 0.25) is 5.91 Å². The van der Waals surface area contributed by atoms with E-state index >= 15 is 0 Å². The van der Waals surface area contributed by atoms with Crippen LogP contribution in [0.4, 0.5) is 0 Å². The maximum absolute atomic E-state index is 11.4. The second kappa shape index (κ2) is 4.42. The fourth-order valence-electron chi connectivity index (χ4n) is 1.46. The highest BCUT2D eigenvalue weighted by Gasteiger charge is 2.17. The highest BCUT2D eigenvalue weighted by molar-refractivity contribution is 5.78. The lowest BCUT2D eigenvalue weighted by molar-refractivity contribution is -0.130. The molecule has 0 saturated carbocycles. The summed E-state index contributed by atoms with van der Waals surface area (Å²) in [4.78, 5) is 15.3. The molecule has 70 valence electrons. The van der Waals surface area contributed by atoms with Crippen molar-refractivity contribution in [1.82, 2.24) is 9.80 Å². The first-order chi connectivity index (χ1) is 5.74. The minimum Gasteiger partial charge on any atom is -0.340 e. The molecule has 0 bridgehead atoms. The molecule has 0 spiro atoms. The molecule has 4 heteroatoms. The third-order valence-electron chi connectivity index (χ3n) is 2.12. The fourth-order valence-corrected chi connectivity index (χ4v) is 1.46. The van der Waals surface area contributed by atoms with Crippen LogP contribution < -0.4 is 5.73 Å². The van der Waals surface area contributed by atoms with Gasteiger partial charge in [-0.3, -0.25) is 9.69 Å². The van der Waals surface area contributed by atoms with Crippen molar-refractivity contribution in [3.8, 4) is 0 Å². The van der Waals surface area contributed by atoms with E-state index in [0.717, 1.165) is 19.5 Å². The Labute approximate surface area is 73.3 Å². The first-order valence-corrected chi connectivity index (χ1v) is 4.40. The largest absolute Gasteiger partial charge is 0.340 e. The van der Waals surface area contributed by atoms with Crippen LogP contribution in [0.1, 0.15) is 6.42 Å². The Kier molecular flexibility index (Phi) is 3.49. The van der Waals surface area contributed by atoms with Gasteiger partial charge in [0.1, 0.15) is 0 Å². The Morgan fingerprint density at radius 3 is 2.92 bits per heavy atom. The van der Waals surface area contributed by atoms with Crippen LogP contribution in [0.5, 0.6) is 0 Å². The molecule has 1 fully saturated rings. The summed E-state index contributed by atoms with van der Waals surface area (Å²) in [5.41, 5.74) is 5.40. The predicted octanol–water partition coefficient (Wildman–Crippen LogP) is -0.891. The number of hydrogen-bond acceptors (Lipinski definition) is 3. The summed E-state index contributed by atoms with van der Waals surface area (Å²) < 4.78 is 0. The van der Waals surface area contributed by atoms with Crippen LogP contribution in [0.25, 0.3) is 0 Å². The van der Waals surface area contributed by atoms with Crippen molar-refractivity contribution in [2.24, 2.45) is 5.73 Å². The van der Waals surface area contributed by atoms with Gasteiger partial charge < -0.3 is 10.6 Å². The third kappa shape index (κ3) is 2.46. The van der Waals surface area contributed by atoms with Crippen LogP contribution in [0.15, 0.2) is 0 Å². The van der Waals surface area contributed by atoms with E-state index in [9.17, 15) is 4.79 Å². The van der Waals surface area contributed by atoms with Crippen LogP contribution in [-0.4, -0.2) is 55.5 Å². The summed E-state index contributed by atoms with van der Waals surface area (Å²) in [5.74, 6) is 0.209. The first-order valence-electron chi connectivity index (χ1n) is 4.40. The van der Waals surface area contributed by atoms with Crippen molar-refractivity contribution in [2.75, 3.05) is 39.8 Å². The van der Waals surface area contributed by atoms with Crippen LogP contribution >= 0.6 is 0 Å². The van der Waals surface area contributed by atoms with Crippen LogP contribution in [0.2, 0.25) is 0 Å². The van der Waals surface area contributed by atoms with Crippen LogP contribution in [0, 0.1) is 0 Å². The molecule has 12 heavy (non-hydrogen) atoms. The molecule has 1 aliphatic heterocycles. The van der Waals surface area contributed by atoms with Crippen molar-refractivity contribution in [2.45, 2.75) is 6.42 Å². The van der Waals surface area contributed by atoms with Gasteiger partial charge in [-0.1, -0.05) is 0 Å². The zero-order chi connectivity index (χ0) is 8.97. The van der Waals surface area contributed by atoms with Gasteiger partial charge in [0.05, 0.1) is 6.54 Å². The lowest BCUT2D eigenvalue weighted by atomic mass is 10.4. The second-order valence-corrected chi connectivity index (χ2v) is 3.26. The summed E-state index contributed by atoms with van der Waals surface area (Å²) >= 11 is 0. The number of nitrogens with two attached hydrogens (primary N) is 1. The van der Waals surface area contributed by atoms with E-state index in [4.69, 9.17) is 5.73 Å². The van der Waals surface area contributed by atoms with Crippen molar-refractivity contribution >= 4 is 5.91 Å². The second-order valence-electron chi connectivity index (χ2n) is 3.26. The maximum Gasteiger partial charge on any atom is 0.236 e. The number of likely N-dealkylation sites (N-methyl/N-ethyl adjacent to an activating group) is 1. The Hall–Kier alpha value is -0.610. The molecule has 0 aliphatic carbocycles. The van der Waals surface area contributed by atoms with Crippen molar-refractivity contribution in [1.29, 1.82) is 0 Å². The molecule has 0 radical (unpaired) electrons. The van der Waals surface area contributed by atoms with Gasteiger partial charge in [-0.15, -0.1) is 0 Å². The van der Waals surface area contributed by atoms with Crippen molar-refractivity contribution in [3.63, 3.8) is 0 Å². The molecule has 0 aromatic carbocycles. The minimum atomic E-state index is 0.209. The predicted molar refractivity (Wildman–Crippen MR) is 47.7 cm³/mol. The molecule has 2 N–H and O–H groups in total. The topological polar surface area (TPSA) is 49.6 Å². The van der Waals surface area contributed by atoms with Gasteiger partial charge in [0.15, 0.2) is 0 Å². The first kappa shape index (κ1) is 9.48. The van der Waals surface area contributed by atoms with E-state index < -0.39 is 0 Å². The van der Waals surface area contributed by atoms with Crippen molar-refractivity contribution in [3.05, 3.63) is 0 Å². The number of carbonyl (C=O) groups excluding carboxylic acids is 1. The lowest BCUT2D eigenvalue weighted by Crippen LogP contribution is -2.38. The fraction of sp³-hybridized carbons (Fsp3) is 0.875. The smallest absolute Gasteiger partial charge is 0.236 e. The molecule has 1 saturated heterocycles. The summed E-state index contributed by atoms with van der Waals surface area (Å²) in [6, 6.07) is 0. The molecule has 1 rings (SSSR count).